The van der Waals surface area contributed by atoms with E-state index in [1.807, 2.05) is 6.42 Å². The number of hydrogen-bond acceptors (Lipinski definition) is 2. The molecule has 2 nitrogen and oxygen atoms in total. The molecular formula is C5H8O2S. The van der Waals surface area contributed by atoms with E-state index in [1.54, 1.807) is 0 Å². The molecule has 8 heavy (non-hydrogen) atoms. The van der Waals surface area contributed by atoms with Crippen molar-refractivity contribution in [2.24, 2.45) is 0 Å². The second-order valence-corrected chi connectivity index (χ2v) is 3.91. The van der Waals surface area contributed by atoms with Gasteiger partial charge in [-0.2, -0.15) is 0 Å². The number of rotatable bonds is 0. The molecule has 46 valence electrons. The molecule has 0 atom stereocenters. The molecule has 0 aliphatic carbocycles. The van der Waals surface area contributed by atoms with Crippen LogP contribution in [0.5, 0.6) is 0 Å². The molecule has 1 aliphatic rings. The lowest BCUT2D eigenvalue weighted by molar-refractivity contribution is 0.595. The first-order valence-electron chi connectivity index (χ1n) is 2.58. The van der Waals surface area contributed by atoms with Gasteiger partial charge in [0.05, 0.1) is 11.5 Å². The van der Waals surface area contributed by atoms with Crippen LogP contribution in [0.2, 0.25) is 0 Å². The molecule has 1 fully saturated rings. The molecule has 0 saturated carbocycles. The maximum Gasteiger partial charge on any atom is 0.154 e. The molecule has 0 unspecified atom stereocenters. The van der Waals surface area contributed by atoms with E-state index in [9.17, 15) is 8.42 Å². The van der Waals surface area contributed by atoms with Crippen molar-refractivity contribution in [2.75, 3.05) is 5.75 Å². The lowest BCUT2D eigenvalue weighted by Crippen LogP contribution is -2.11. The largest absolute Gasteiger partial charge is 0.229 e. The van der Waals surface area contributed by atoms with Crippen LogP contribution < -0.4 is 0 Å². The molecular weight excluding hydrogens is 124 g/mol. The molecule has 0 aromatic heterocycles. The Labute approximate surface area is 49.8 Å². The summed E-state index contributed by atoms with van der Waals surface area (Å²) in [6.07, 6.45) is 3.32. The van der Waals surface area contributed by atoms with Crippen LogP contribution in [0.1, 0.15) is 12.8 Å². The molecule has 1 saturated heterocycles. The van der Waals surface area contributed by atoms with Crippen LogP contribution in [-0.4, -0.2) is 14.2 Å². The fourth-order valence-corrected chi connectivity index (χ4v) is 1.75. The lowest BCUT2D eigenvalue weighted by Gasteiger charge is -2.07. The molecule has 0 aromatic rings. The highest BCUT2D eigenvalue weighted by Gasteiger charge is 2.14. The SMILES string of the molecule is O=S1(=O)[CH]C[CH]CC1. The summed E-state index contributed by atoms with van der Waals surface area (Å²) in [5.41, 5.74) is 0. The van der Waals surface area contributed by atoms with Crippen molar-refractivity contribution in [3.8, 4) is 0 Å². The predicted molar refractivity (Wildman–Crippen MR) is 31.6 cm³/mol. The van der Waals surface area contributed by atoms with Gasteiger partial charge in [-0.05, 0) is 19.3 Å². The second kappa shape index (κ2) is 2.05. The van der Waals surface area contributed by atoms with Gasteiger partial charge in [-0.3, -0.25) is 0 Å². The van der Waals surface area contributed by atoms with E-state index in [1.165, 1.54) is 5.75 Å². The van der Waals surface area contributed by atoms with Crippen LogP contribution in [0.3, 0.4) is 0 Å². The normalized spacial score (nSPS) is 27.5. The topological polar surface area (TPSA) is 34.1 Å². The Bertz CT molecular complexity index is 145. The van der Waals surface area contributed by atoms with Crippen LogP contribution in [0, 0.1) is 12.2 Å². The summed E-state index contributed by atoms with van der Waals surface area (Å²) in [7, 11) is -2.74. The van der Waals surface area contributed by atoms with Crippen molar-refractivity contribution < 1.29 is 8.42 Å². The van der Waals surface area contributed by atoms with E-state index < -0.39 is 9.84 Å². The molecule has 2 radical (unpaired) electrons. The second-order valence-electron chi connectivity index (χ2n) is 1.85. The van der Waals surface area contributed by atoms with Gasteiger partial charge in [0.1, 0.15) is 0 Å². The van der Waals surface area contributed by atoms with Gasteiger partial charge in [0.2, 0.25) is 0 Å². The summed E-state index contributed by atoms with van der Waals surface area (Å²) < 4.78 is 21.2. The first-order valence-corrected chi connectivity index (χ1v) is 4.30. The molecule has 0 amide bonds. The van der Waals surface area contributed by atoms with Crippen LogP contribution in [0.25, 0.3) is 0 Å². The fourth-order valence-electron chi connectivity index (χ4n) is 0.663. The lowest BCUT2D eigenvalue weighted by atomic mass is 10.3. The average molecular weight is 132 g/mol. The summed E-state index contributed by atoms with van der Waals surface area (Å²) in [5.74, 6) is 1.68. The van der Waals surface area contributed by atoms with Crippen LogP contribution in [0.4, 0.5) is 0 Å². The third kappa shape index (κ3) is 1.47. The number of hydrogen-bond donors (Lipinski definition) is 0. The molecule has 1 heterocycles. The smallest absolute Gasteiger partial charge is 0.154 e. The van der Waals surface area contributed by atoms with Crippen molar-refractivity contribution in [1.29, 1.82) is 0 Å². The summed E-state index contributed by atoms with van der Waals surface area (Å²) in [6, 6.07) is 0. The fraction of sp³-hybridized carbons (Fsp3) is 0.600. The highest BCUT2D eigenvalue weighted by molar-refractivity contribution is 7.93. The van der Waals surface area contributed by atoms with E-state index in [0.29, 0.717) is 12.2 Å². The predicted octanol–water partition coefficient (Wildman–Crippen LogP) is 0.561. The van der Waals surface area contributed by atoms with Gasteiger partial charge >= 0.3 is 0 Å². The summed E-state index contributed by atoms with van der Waals surface area (Å²) in [6.45, 7) is 0. The van der Waals surface area contributed by atoms with Crippen molar-refractivity contribution in [3.63, 3.8) is 0 Å². The minimum atomic E-state index is -2.74. The summed E-state index contributed by atoms with van der Waals surface area (Å²) >= 11 is 0. The molecule has 0 bridgehead atoms. The average Bonchev–Trinajstić information content (AvgIpc) is 1.65. The van der Waals surface area contributed by atoms with E-state index in [0.717, 1.165) is 6.42 Å². The zero-order valence-corrected chi connectivity index (χ0v) is 5.32. The summed E-state index contributed by atoms with van der Waals surface area (Å²) in [5, 5.41) is 0. The monoisotopic (exact) mass is 132 g/mol. The third-order valence-electron chi connectivity index (χ3n) is 1.12. The first kappa shape index (κ1) is 6.08. The van der Waals surface area contributed by atoms with Gasteiger partial charge in [0.25, 0.3) is 0 Å². The van der Waals surface area contributed by atoms with Crippen LogP contribution >= 0.6 is 0 Å². The molecule has 0 N–H and O–H groups in total. The van der Waals surface area contributed by atoms with E-state index in [2.05, 4.69) is 0 Å². The molecule has 0 spiro atoms. The Balaban J connectivity index is 2.58. The van der Waals surface area contributed by atoms with Crippen molar-refractivity contribution in [2.45, 2.75) is 12.8 Å². The Kier molecular flexibility index (Phi) is 1.56. The first-order chi connectivity index (χ1) is 3.71. The van der Waals surface area contributed by atoms with E-state index in [4.69, 9.17) is 0 Å². The van der Waals surface area contributed by atoms with Gasteiger partial charge < -0.3 is 0 Å². The van der Waals surface area contributed by atoms with Crippen LogP contribution in [-0.2, 0) is 9.84 Å². The van der Waals surface area contributed by atoms with Gasteiger partial charge in [-0.1, -0.05) is 0 Å². The van der Waals surface area contributed by atoms with Gasteiger partial charge in [-0.15, -0.1) is 0 Å². The maximum atomic E-state index is 10.6. The third-order valence-corrected chi connectivity index (χ3v) is 2.63. The molecule has 1 aliphatic heterocycles. The Hall–Kier alpha value is -0.0500. The maximum absolute atomic E-state index is 10.6. The minimum Gasteiger partial charge on any atom is -0.229 e. The van der Waals surface area contributed by atoms with E-state index >= 15 is 0 Å². The Morgan fingerprint density at radius 1 is 1.38 bits per heavy atom. The zero-order chi connectivity index (χ0) is 6.04. The molecule has 3 heteroatoms. The minimum absolute atomic E-state index is 0.312. The number of sulfone groups is 1. The van der Waals surface area contributed by atoms with Gasteiger partial charge in [-0.25, -0.2) is 8.42 Å². The zero-order valence-electron chi connectivity index (χ0n) is 4.50. The standard InChI is InChI=1S/C5H8O2S/c6-8(7)4-2-1-3-5-8/h1,4H,2-3,5H2. The van der Waals surface area contributed by atoms with Crippen molar-refractivity contribution >= 4 is 9.84 Å². The molecule has 1 rings (SSSR count). The summed E-state index contributed by atoms with van der Waals surface area (Å²) in [4.78, 5) is 0. The quantitative estimate of drug-likeness (QED) is 0.482. The van der Waals surface area contributed by atoms with Gasteiger partial charge in [0, 0.05) is 0 Å². The highest BCUT2D eigenvalue weighted by atomic mass is 32.2. The van der Waals surface area contributed by atoms with Crippen molar-refractivity contribution in [3.05, 3.63) is 12.2 Å². The Morgan fingerprint density at radius 2 is 2.12 bits per heavy atom. The Morgan fingerprint density at radius 3 is 2.38 bits per heavy atom. The van der Waals surface area contributed by atoms with Crippen LogP contribution in [0.15, 0.2) is 0 Å². The van der Waals surface area contributed by atoms with Gasteiger partial charge in [0.15, 0.2) is 9.84 Å². The van der Waals surface area contributed by atoms with Crippen molar-refractivity contribution in [1.82, 2.24) is 0 Å². The van der Waals surface area contributed by atoms with E-state index in [-0.39, 0.29) is 0 Å². The molecule has 0 aromatic carbocycles. The highest BCUT2D eigenvalue weighted by Crippen LogP contribution is 2.12.